The van der Waals surface area contributed by atoms with Crippen LogP contribution in [0.15, 0.2) is 30.9 Å². The monoisotopic (exact) mass is 204 g/mol. The number of ether oxygens (including phenoxy) is 2. The molecule has 0 aliphatic carbocycles. The maximum absolute atomic E-state index is 5.43. The first kappa shape index (κ1) is 10.2. The quantitative estimate of drug-likeness (QED) is 0.554. The molecule has 0 amide bonds. The summed E-state index contributed by atoms with van der Waals surface area (Å²) in [5.41, 5.74) is 2.56. The van der Waals surface area contributed by atoms with E-state index in [1.54, 1.807) is 0 Å². The van der Waals surface area contributed by atoms with Gasteiger partial charge in [0.05, 0.1) is 6.61 Å². The van der Waals surface area contributed by atoms with Crippen molar-refractivity contribution < 1.29 is 9.47 Å². The molecule has 0 spiro atoms. The lowest BCUT2D eigenvalue weighted by Crippen LogP contribution is -2.13. The van der Waals surface area contributed by atoms with Gasteiger partial charge in [0, 0.05) is 5.56 Å². The first-order valence-corrected chi connectivity index (χ1v) is 5.34. The van der Waals surface area contributed by atoms with Crippen LogP contribution in [0.1, 0.15) is 24.0 Å². The van der Waals surface area contributed by atoms with Crippen molar-refractivity contribution in [3.8, 4) is 5.75 Å². The van der Waals surface area contributed by atoms with Crippen LogP contribution in [0.25, 0.3) is 0 Å². The molecule has 0 aromatic heterocycles. The highest BCUT2D eigenvalue weighted by molar-refractivity contribution is 5.40. The van der Waals surface area contributed by atoms with E-state index < -0.39 is 0 Å². The summed E-state index contributed by atoms with van der Waals surface area (Å²) in [6, 6.07) is 6.21. The predicted molar refractivity (Wildman–Crippen MR) is 59.9 cm³/mol. The van der Waals surface area contributed by atoms with Crippen molar-refractivity contribution in [3.05, 3.63) is 42.0 Å². The van der Waals surface area contributed by atoms with E-state index in [0.29, 0.717) is 13.4 Å². The molecule has 1 aromatic rings. The smallest absolute Gasteiger partial charge is 0.189 e. The molecule has 0 fully saturated rings. The van der Waals surface area contributed by atoms with Gasteiger partial charge in [-0.2, -0.15) is 0 Å². The van der Waals surface area contributed by atoms with E-state index in [1.807, 2.05) is 18.2 Å². The number of aryl methyl sites for hydroxylation is 1. The van der Waals surface area contributed by atoms with Gasteiger partial charge >= 0.3 is 0 Å². The molecule has 1 aliphatic rings. The van der Waals surface area contributed by atoms with Crippen molar-refractivity contribution in [1.82, 2.24) is 0 Å². The number of allylic oxidation sites excluding steroid dienone is 1. The Morgan fingerprint density at radius 2 is 2.33 bits per heavy atom. The molecular formula is C13H16O2. The van der Waals surface area contributed by atoms with Gasteiger partial charge in [-0.1, -0.05) is 18.2 Å². The molecule has 2 heteroatoms. The minimum atomic E-state index is 0.378. The van der Waals surface area contributed by atoms with Crippen molar-refractivity contribution in [2.75, 3.05) is 6.79 Å². The van der Waals surface area contributed by atoms with Gasteiger partial charge in [-0.05, 0) is 30.9 Å². The van der Waals surface area contributed by atoms with Gasteiger partial charge in [0.15, 0.2) is 6.79 Å². The molecule has 80 valence electrons. The first-order valence-electron chi connectivity index (χ1n) is 5.34. The lowest BCUT2D eigenvalue weighted by molar-refractivity contribution is -0.0168. The van der Waals surface area contributed by atoms with Crippen LogP contribution in [0, 0.1) is 0 Å². The van der Waals surface area contributed by atoms with Gasteiger partial charge in [0.2, 0.25) is 0 Å². The zero-order chi connectivity index (χ0) is 10.5. The second kappa shape index (κ2) is 4.99. The Bertz CT molecular complexity index is 344. The summed E-state index contributed by atoms with van der Waals surface area (Å²) in [4.78, 5) is 0. The third-order valence-electron chi connectivity index (χ3n) is 2.63. The highest BCUT2D eigenvalue weighted by Gasteiger charge is 2.13. The number of benzene rings is 1. The van der Waals surface area contributed by atoms with Crippen LogP contribution in [0.2, 0.25) is 0 Å². The van der Waals surface area contributed by atoms with Crippen molar-refractivity contribution >= 4 is 0 Å². The van der Waals surface area contributed by atoms with Gasteiger partial charge in [-0.15, -0.1) is 6.58 Å². The minimum absolute atomic E-state index is 0.378. The Hall–Kier alpha value is -1.28. The molecule has 0 bridgehead atoms. The molecule has 15 heavy (non-hydrogen) atoms. The largest absolute Gasteiger partial charge is 0.467 e. The van der Waals surface area contributed by atoms with E-state index in [4.69, 9.17) is 9.47 Å². The lowest BCUT2D eigenvalue weighted by atomic mass is 10.0. The number of fused-ring (bicyclic) bond motifs is 1. The minimum Gasteiger partial charge on any atom is -0.467 e. The van der Waals surface area contributed by atoms with Crippen LogP contribution < -0.4 is 4.74 Å². The molecule has 0 saturated carbocycles. The van der Waals surface area contributed by atoms with Gasteiger partial charge < -0.3 is 9.47 Å². The highest BCUT2D eigenvalue weighted by atomic mass is 16.7. The SMILES string of the molecule is C=CCCCc1cccc2c1COCO2. The Morgan fingerprint density at radius 1 is 1.40 bits per heavy atom. The fourth-order valence-electron chi connectivity index (χ4n) is 1.83. The predicted octanol–water partition coefficient (Wildman–Crippen LogP) is 3.06. The lowest BCUT2D eigenvalue weighted by Gasteiger charge is -2.20. The third kappa shape index (κ3) is 2.39. The van der Waals surface area contributed by atoms with Gasteiger partial charge in [-0.3, -0.25) is 0 Å². The van der Waals surface area contributed by atoms with E-state index >= 15 is 0 Å². The Balaban J connectivity index is 2.12. The fourth-order valence-corrected chi connectivity index (χ4v) is 1.83. The van der Waals surface area contributed by atoms with Crippen LogP contribution in [0.5, 0.6) is 5.75 Å². The molecule has 0 saturated heterocycles. The number of hydrogen-bond donors (Lipinski definition) is 0. The summed E-state index contributed by atoms with van der Waals surface area (Å²) in [5.74, 6) is 0.984. The average Bonchev–Trinajstić information content (AvgIpc) is 2.30. The number of hydrogen-bond acceptors (Lipinski definition) is 2. The summed E-state index contributed by atoms with van der Waals surface area (Å²) in [7, 11) is 0. The van der Waals surface area contributed by atoms with Gasteiger partial charge in [-0.25, -0.2) is 0 Å². The first-order chi connectivity index (χ1) is 7.42. The summed E-state index contributed by atoms with van der Waals surface area (Å²) < 4.78 is 10.7. The summed E-state index contributed by atoms with van der Waals surface area (Å²) in [5, 5.41) is 0. The number of unbranched alkanes of at least 4 members (excludes halogenated alkanes) is 1. The zero-order valence-corrected chi connectivity index (χ0v) is 8.87. The number of rotatable bonds is 4. The van der Waals surface area contributed by atoms with Crippen molar-refractivity contribution in [3.63, 3.8) is 0 Å². The molecule has 1 heterocycles. The summed E-state index contributed by atoms with van der Waals surface area (Å²) in [6.07, 6.45) is 5.23. The van der Waals surface area contributed by atoms with E-state index in [0.717, 1.165) is 25.0 Å². The normalized spacial score (nSPS) is 14.1. The molecule has 0 unspecified atom stereocenters. The fraction of sp³-hybridized carbons (Fsp3) is 0.385. The second-order valence-electron chi connectivity index (χ2n) is 3.69. The van der Waals surface area contributed by atoms with Crippen LogP contribution in [-0.4, -0.2) is 6.79 Å². The highest BCUT2D eigenvalue weighted by Crippen LogP contribution is 2.27. The Morgan fingerprint density at radius 3 is 3.20 bits per heavy atom. The van der Waals surface area contributed by atoms with Crippen molar-refractivity contribution in [1.29, 1.82) is 0 Å². The van der Waals surface area contributed by atoms with Gasteiger partial charge in [0.25, 0.3) is 0 Å². The molecule has 1 aliphatic heterocycles. The molecular weight excluding hydrogens is 188 g/mol. The zero-order valence-electron chi connectivity index (χ0n) is 8.87. The average molecular weight is 204 g/mol. The van der Waals surface area contributed by atoms with Crippen LogP contribution in [-0.2, 0) is 17.8 Å². The van der Waals surface area contributed by atoms with E-state index in [-0.39, 0.29) is 0 Å². The van der Waals surface area contributed by atoms with E-state index in [9.17, 15) is 0 Å². The topological polar surface area (TPSA) is 18.5 Å². The van der Waals surface area contributed by atoms with Crippen LogP contribution in [0.4, 0.5) is 0 Å². The third-order valence-corrected chi connectivity index (χ3v) is 2.63. The Labute approximate surface area is 90.5 Å². The molecule has 2 rings (SSSR count). The molecule has 0 atom stereocenters. The summed E-state index contributed by atoms with van der Waals surface area (Å²) in [6.45, 7) is 4.79. The summed E-state index contributed by atoms with van der Waals surface area (Å²) >= 11 is 0. The van der Waals surface area contributed by atoms with Crippen LogP contribution in [0.3, 0.4) is 0 Å². The second-order valence-corrected chi connectivity index (χ2v) is 3.69. The maximum Gasteiger partial charge on any atom is 0.189 e. The van der Waals surface area contributed by atoms with Crippen molar-refractivity contribution in [2.24, 2.45) is 0 Å². The molecule has 0 N–H and O–H groups in total. The Kier molecular flexibility index (Phi) is 3.41. The van der Waals surface area contributed by atoms with Crippen LogP contribution >= 0.6 is 0 Å². The standard InChI is InChI=1S/C13H16O2/c1-2-3-4-6-11-7-5-8-13-12(11)9-14-10-15-13/h2,5,7-8H,1,3-4,6,9-10H2. The maximum atomic E-state index is 5.43. The molecule has 1 aromatic carbocycles. The van der Waals surface area contributed by atoms with Gasteiger partial charge in [0.1, 0.15) is 5.75 Å². The van der Waals surface area contributed by atoms with E-state index in [2.05, 4.69) is 12.6 Å². The van der Waals surface area contributed by atoms with Crippen molar-refractivity contribution in [2.45, 2.75) is 25.9 Å². The molecule has 0 radical (unpaired) electrons. The molecule has 2 nitrogen and oxygen atoms in total. The van der Waals surface area contributed by atoms with E-state index in [1.165, 1.54) is 11.1 Å².